The molecule has 6 heteroatoms. The van der Waals surface area contributed by atoms with Gasteiger partial charge in [-0.15, -0.1) is 0 Å². The van der Waals surface area contributed by atoms with Crippen molar-refractivity contribution >= 4 is 5.69 Å². The Morgan fingerprint density at radius 3 is 2.50 bits per heavy atom. The molecule has 0 spiro atoms. The molecule has 2 heterocycles. The second kappa shape index (κ2) is 8.12. The lowest BCUT2D eigenvalue weighted by molar-refractivity contribution is 0.122. The molecule has 0 amide bonds. The molecular weight excluding hydrogens is 326 g/mol. The van der Waals surface area contributed by atoms with Crippen LogP contribution in [-0.2, 0) is 17.8 Å². The number of rotatable bonds is 6. The molecule has 0 atom stereocenters. The standard InChI is InChI=1S/C20H23N5O/c1-2-4-17(5-3-1)20-22-19(23-24-20)15-21-14-16-6-8-18(9-7-16)25-10-12-26-13-11-25/h1-9,21H,10-15H2,(H,22,23,24). The third-order valence-corrected chi connectivity index (χ3v) is 4.50. The second-order valence-corrected chi connectivity index (χ2v) is 6.34. The summed E-state index contributed by atoms with van der Waals surface area (Å²) in [7, 11) is 0. The molecule has 26 heavy (non-hydrogen) atoms. The van der Waals surface area contributed by atoms with E-state index in [1.807, 2.05) is 30.3 Å². The molecule has 134 valence electrons. The molecule has 4 rings (SSSR count). The van der Waals surface area contributed by atoms with Gasteiger partial charge in [-0.3, -0.25) is 5.10 Å². The molecular formula is C20H23N5O. The van der Waals surface area contributed by atoms with Crippen LogP contribution < -0.4 is 10.2 Å². The number of aromatic amines is 1. The van der Waals surface area contributed by atoms with E-state index in [9.17, 15) is 0 Å². The maximum atomic E-state index is 5.40. The van der Waals surface area contributed by atoms with E-state index in [1.165, 1.54) is 11.3 Å². The highest BCUT2D eigenvalue weighted by Gasteiger charge is 2.10. The summed E-state index contributed by atoms with van der Waals surface area (Å²) in [5.41, 5.74) is 3.54. The van der Waals surface area contributed by atoms with Gasteiger partial charge in [0.25, 0.3) is 0 Å². The Morgan fingerprint density at radius 1 is 0.962 bits per heavy atom. The first-order valence-electron chi connectivity index (χ1n) is 8.97. The van der Waals surface area contributed by atoms with E-state index in [-0.39, 0.29) is 0 Å². The first kappa shape index (κ1) is 16.8. The van der Waals surface area contributed by atoms with Gasteiger partial charge in [-0.25, -0.2) is 4.98 Å². The van der Waals surface area contributed by atoms with E-state index in [0.717, 1.165) is 50.1 Å². The van der Waals surface area contributed by atoms with Crippen molar-refractivity contribution in [3.8, 4) is 11.4 Å². The molecule has 1 saturated heterocycles. The van der Waals surface area contributed by atoms with Crippen molar-refractivity contribution in [2.45, 2.75) is 13.1 Å². The summed E-state index contributed by atoms with van der Waals surface area (Å²) in [6, 6.07) is 18.7. The van der Waals surface area contributed by atoms with Gasteiger partial charge >= 0.3 is 0 Å². The first-order chi connectivity index (χ1) is 12.9. The molecule has 0 radical (unpaired) electrons. The third-order valence-electron chi connectivity index (χ3n) is 4.50. The Balaban J connectivity index is 1.29. The largest absolute Gasteiger partial charge is 0.378 e. The summed E-state index contributed by atoms with van der Waals surface area (Å²) in [4.78, 5) is 6.90. The fraction of sp³-hybridized carbons (Fsp3) is 0.300. The van der Waals surface area contributed by atoms with Crippen LogP contribution in [0, 0.1) is 0 Å². The summed E-state index contributed by atoms with van der Waals surface area (Å²) in [6.45, 7) is 5.01. The minimum Gasteiger partial charge on any atom is -0.378 e. The zero-order chi connectivity index (χ0) is 17.6. The van der Waals surface area contributed by atoms with Crippen molar-refractivity contribution in [1.82, 2.24) is 20.5 Å². The van der Waals surface area contributed by atoms with Gasteiger partial charge < -0.3 is 15.0 Å². The number of benzene rings is 2. The van der Waals surface area contributed by atoms with Crippen LogP contribution in [0.25, 0.3) is 11.4 Å². The molecule has 1 aliphatic rings. The van der Waals surface area contributed by atoms with Crippen LogP contribution in [0.4, 0.5) is 5.69 Å². The highest BCUT2D eigenvalue weighted by Crippen LogP contribution is 2.17. The van der Waals surface area contributed by atoms with E-state index < -0.39 is 0 Å². The monoisotopic (exact) mass is 349 g/mol. The van der Waals surface area contributed by atoms with Crippen LogP contribution in [0.2, 0.25) is 0 Å². The molecule has 0 aliphatic carbocycles. The van der Waals surface area contributed by atoms with Gasteiger partial charge in [-0.05, 0) is 17.7 Å². The topological polar surface area (TPSA) is 66.1 Å². The lowest BCUT2D eigenvalue weighted by Gasteiger charge is -2.28. The van der Waals surface area contributed by atoms with Crippen LogP contribution in [0.1, 0.15) is 11.4 Å². The molecule has 0 unspecified atom stereocenters. The summed E-state index contributed by atoms with van der Waals surface area (Å²) < 4.78 is 5.40. The van der Waals surface area contributed by atoms with Crippen molar-refractivity contribution < 1.29 is 4.74 Å². The van der Waals surface area contributed by atoms with Gasteiger partial charge in [-0.1, -0.05) is 42.5 Å². The van der Waals surface area contributed by atoms with Crippen LogP contribution in [0.3, 0.4) is 0 Å². The zero-order valence-electron chi connectivity index (χ0n) is 14.7. The summed E-state index contributed by atoms with van der Waals surface area (Å²) in [5.74, 6) is 1.58. The minimum atomic E-state index is 0.658. The van der Waals surface area contributed by atoms with E-state index >= 15 is 0 Å². The number of hydrogen-bond donors (Lipinski definition) is 2. The highest BCUT2D eigenvalue weighted by molar-refractivity contribution is 5.53. The van der Waals surface area contributed by atoms with Gasteiger partial charge in [0, 0.05) is 30.9 Å². The van der Waals surface area contributed by atoms with Gasteiger partial charge in [-0.2, -0.15) is 5.10 Å². The number of anilines is 1. The van der Waals surface area contributed by atoms with Crippen molar-refractivity contribution in [2.24, 2.45) is 0 Å². The maximum Gasteiger partial charge on any atom is 0.181 e. The average Bonchev–Trinajstić information content (AvgIpc) is 3.19. The fourth-order valence-corrected chi connectivity index (χ4v) is 3.06. The van der Waals surface area contributed by atoms with Crippen molar-refractivity contribution in [3.05, 3.63) is 66.0 Å². The molecule has 1 aromatic heterocycles. The normalized spacial score (nSPS) is 14.5. The minimum absolute atomic E-state index is 0.658. The molecule has 1 aliphatic heterocycles. The van der Waals surface area contributed by atoms with Crippen molar-refractivity contribution in [2.75, 3.05) is 31.2 Å². The molecule has 0 bridgehead atoms. The van der Waals surface area contributed by atoms with Gasteiger partial charge in [0.2, 0.25) is 0 Å². The van der Waals surface area contributed by atoms with Crippen LogP contribution in [-0.4, -0.2) is 41.5 Å². The number of nitrogens with zero attached hydrogens (tertiary/aromatic N) is 3. The van der Waals surface area contributed by atoms with E-state index in [4.69, 9.17) is 4.74 Å². The highest BCUT2D eigenvalue weighted by atomic mass is 16.5. The molecule has 0 saturated carbocycles. The van der Waals surface area contributed by atoms with E-state index in [2.05, 4.69) is 49.7 Å². The first-order valence-corrected chi connectivity index (χ1v) is 8.97. The predicted molar refractivity (Wildman–Crippen MR) is 102 cm³/mol. The summed E-state index contributed by atoms with van der Waals surface area (Å²) in [6.07, 6.45) is 0. The molecule has 1 fully saturated rings. The van der Waals surface area contributed by atoms with Crippen molar-refractivity contribution in [1.29, 1.82) is 0 Å². The SMILES string of the molecule is c1ccc(-c2n[nH]c(CNCc3ccc(N4CCOCC4)cc3)n2)cc1. The average molecular weight is 349 g/mol. The smallest absolute Gasteiger partial charge is 0.181 e. The summed E-state index contributed by atoms with van der Waals surface area (Å²) in [5, 5.41) is 10.7. The molecule has 2 aromatic carbocycles. The van der Waals surface area contributed by atoms with Crippen LogP contribution in [0.15, 0.2) is 54.6 Å². The van der Waals surface area contributed by atoms with Crippen LogP contribution in [0.5, 0.6) is 0 Å². The zero-order valence-corrected chi connectivity index (χ0v) is 14.7. The van der Waals surface area contributed by atoms with E-state index in [1.54, 1.807) is 0 Å². The summed E-state index contributed by atoms with van der Waals surface area (Å²) >= 11 is 0. The Kier molecular flexibility index (Phi) is 5.23. The second-order valence-electron chi connectivity index (χ2n) is 6.34. The molecule has 3 aromatic rings. The predicted octanol–water partition coefficient (Wildman–Crippen LogP) is 2.60. The lowest BCUT2D eigenvalue weighted by atomic mass is 10.2. The number of morpholine rings is 1. The Labute approximate surface area is 153 Å². The number of aromatic nitrogens is 3. The van der Waals surface area contributed by atoms with Gasteiger partial charge in [0.1, 0.15) is 5.82 Å². The van der Waals surface area contributed by atoms with Crippen molar-refractivity contribution in [3.63, 3.8) is 0 Å². The van der Waals surface area contributed by atoms with E-state index in [0.29, 0.717) is 6.54 Å². The Morgan fingerprint density at radius 2 is 1.73 bits per heavy atom. The molecule has 6 nitrogen and oxygen atoms in total. The number of hydrogen-bond acceptors (Lipinski definition) is 5. The molecule has 2 N–H and O–H groups in total. The van der Waals surface area contributed by atoms with Gasteiger partial charge in [0.05, 0.1) is 19.8 Å². The van der Waals surface area contributed by atoms with Gasteiger partial charge in [0.15, 0.2) is 5.82 Å². The maximum absolute atomic E-state index is 5.40. The Bertz CT molecular complexity index is 810. The number of H-pyrrole nitrogens is 1. The lowest BCUT2D eigenvalue weighted by Crippen LogP contribution is -2.36. The third kappa shape index (κ3) is 4.09. The Hall–Kier alpha value is -2.70. The fourth-order valence-electron chi connectivity index (χ4n) is 3.06. The number of ether oxygens (including phenoxy) is 1. The van der Waals surface area contributed by atoms with Crippen LogP contribution >= 0.6 is 0 Å². The quantitative estimate of drug-likeness (QED) is 0.716. The number of nitrogens with one attached hydrogen (secondary N) is 2.